The molecule has 1 aliphatic rings. The van der Waals surface area contributed by atoms with E-state index in [1.807, 2.05) is 0 Å². The highest BCUT2D eigenvalue weighted by molar-refractivity contribution is 9.10. The molecule has 2 rings (SSSR count). The molecule has 1 heterocycles. The maximum atomic E-state index is 3.63. The van der Waals surface area contributed by atoms with Crippen molar-refractivity contribution >= 4 is 15.9 Å². The van der Waals surface area contributed by atoms with E-state index in [-0.39, 0.29) is 0 Å². The van der Waals surface area contributed by atoms with E-state index in [2.05, 4.69) is 64.3 Å². The molecule has 1 aromatic rings. The van der Waals surface area contributed by atoms with Crippen LogP contribution in [-0.2, 0) is 0 Å². The van der Waals surface area contributed by atoms with Crippen molar-refractivity contribution < 1.29 is 0 Å². The van der Waals surface area contributed by atoms with Crippen molar-refractivity contribution in [3.8, 4) is 0 Å². The molecule has 0 radical (unpaired) electrons. The standard InChI is InChI=1S/C17H27BrN2/c1-3-19-17(15-7-9-16(18)10-8-15)11-13-20-12-5-4-6-14(20)2/h7-10,14,17,19H,3-6,11-13H2,1-2H3. The third kappa shape index (κ3) is 4.57. The molecule has 0 aromatic heterocycles. The summed E-state index contributed by atoms with van der Waals surface area (Å²) in [6.45, 7) is 8.07. The number of hydrogen-bond acceptors (Lipinski definition) is 2. The van der Waals surface area contributed by atoms with Crippen LogP contribution in [0.2, 0.25) is 0 Å². The Balaban J connectivity index is 1.93. The van der Waals surface area contributed by atoms with Crippen LogP contribution < -0.4 is 5.32 Å². The summed E-state index contributed by atoms with van der Waals surface area (Å²) in [5.74, 6) is 0. The molecule has 20 heavy (non-hydrogen) atoms. The van der Waals surface area contributed by atoms with Gasteiger partial charge >= 0.3 is 0 Å². The second-order valence-electron chi connectivity index (χ2n) is 5.83. The fourth-order valence-electron chi connectivity index (χ4n) is 3.11. The topological polar surface area (TPSA) is 15.3 Å². The molecule has 1 aliphatic heterocycles. The summed E-state index contributed by atoms with van der Waals surface area (Å²) in [7, 11) is 0. The SMILES string of the molecule is CCNC(CCN1CCCCC1C)c1ccc(Br)cc1. The van der Waals surface area contributed by atoms with Crippen molar-refractivity contribution in [1.82, 2.24) is 10.2 Å². The second kappa shape index (κ2) is 8.16. The fourth-order valence-corrected chi connectivity index (χ4v) is 3.38. The molecule has 2 atom stereocenters. The summed E-state index contributed by atoms with van der Waals surface area (Å²) < 4.78 is 1.15. The molecule has 0 bridgehead atoms. The van der Waals surface area contributed by atoms with Gasteiger partial charge in [0.2, 0.25) is 0 Å². The molecule has 0 saturated carbocycles. The molecule has 0 aliphatic carbocycles. The number of nitrogens with zero attached hydrogens (tertiary/aromatic N) is 1. The van der Waals surface area contributed by atoms with Gasteiger partial charge in [0.1, 0.15) is 0 Å². The third-order valence-electron chi connectivity index (χ3n) is 4.37. The first kappa shape index (κ1) is 16.0. The first-order valence-electron chi connectivity index (χ1n) is 7.93. The molecule has 1 aromatic carbocycles. The van der Waals surface area contributed by atoms with Crippen LogP contribution in [0.3, 0.4) is 0 Å². The number of likely N-dealkylation sites (tertiary alicyclic amines) is 1. The van der Waals surface area contributed by atoms with Crippen LogP contribution in [0.4, 0.5) is 0 Å². The molecule has 1 N–H and O–H groups in total. The van der Waals surface area contributed by atoms with Crippen molar-refractivity contribution in [3.63, 3.8) is 0 Å². The maximum absolute atomic E-state index is 3.63. The van der Waals surface area contributed by atoms with Crippen LogP contribution in [0.5, 0.6) is 0 Å². The normalized spacial score (nSPS) is 21.9. The molecular formula is C17H27BrN2. The Hall–Kier alpha value is -0.380. The number of piperidine rings is 1. The molecule has 2 unspecified atom stereocenters. The smallest absolute Gasteiger partial charge is 0.0332 e. The number of nitrogens with one attached hydrogen (secondary N) is 1. The lowest BCUT2D eigenvalue weighted by atomic mass is 10.00. The van der Waals surface area contributed by atoms with Gasteiger partial charge < -0.3 is 10.2 Å². The molecule has 1 saturated heterocycles. The Morgan fingerprint density at radius 1 is 1.30 bits per heavy atom. The van der Waals surface area contributed by atoms with E-state index >= 15 is 0 Å². The lowest BCUT2D eigenvalue weighted by Crippen LogP contribution is -2.39. The highest BCUT2D eigenvalue weighted by Crippen LogP contribution is 2.22. The summed E-state index contributed by atoms with van der Waals surface area (Å²) in [6, 6.07) is 9.98. The Morgan fingerprint density at radius 2 is 2.05 bits per heavy atom. The minimum absolute atomic E-state index is 0.474. The van der Waals surface area contributed by atoms with Gasteiger partial charge in [0, 0.05) is 23.1 Å². The average Bonchev–Trinajstić information content (AvgIpc) is 2.46. The van der Waals surface area contributed by atoms with Crippen molar-refractivity contribution in [3.05, 3.63) is 34.3 Å². The van der Waals surface area contributed by atoms with Crippen molar-refractivity contribution in [2.75, 3.05) is 19.6 Å². The van der Waals surface area contributed by atoms with Gasteiger partial charge in [-0.15, -0.1) is 0 Å². The minimum atomic E-state index is 0.474. The van der Waals surface area contributed by atoms with E-state index in [9.17, 15) is 0 Å². The van der Waals surface area contributed by atoms with Crippen LogP contribution in [0.25, 0.3) is 0 Å². The Labute approximate surface area is 132 Å². The predicted molar refractivity (Wildman–Crippen MR) is 90.1 cm³/mol. The summed E-state index contributed by atoms with van der Waals surface area (Å²) in [4.78, 5) is 2.66. The lowest BCUT2D eigenvalue weighted by molar-refractivity contribution is 0.153. The molecule has 3 heteroatoms. The Morgan fingerprint density at radius 3 is 2.70 bits per heavy atom. The van der Waals surface area contributed by atoms with Gasteiger partial charge in [0.25, 0.3) is 0 Å². The van der Waals surface area contributed by atoms with Crippen molar-refractivity contribution in [2.45, 2.75) is 51.6 Å². The van der Waals surface area contributed by atoms with Crippen LogP contribution in [-0.4, -0.2) is 30.6 Å². The largest absolute Gasteiger partial charge is 0.310 e. The quantitative estimate of drug-likeness (QED) is 0.828. The monoisotopic (exact) mass is 338 g/mol. The lowest BCUT2D eigenvalue weighted by Gasteiger charge is -2.34. The number of benzene rings is 1. The molecule has 2 nitrogen and oxygen atoms in total. The van der Waals surface area contributed by atoms with E-state index < -0.39 is 0 Å². The van der Waals surface area contributed by atoms with E-state index in [4.69, 9.17) is 0 Å². The highest BCUT2D eigenvalue weighted by atomic mass is 79.9. The zero-order valence-electron chi connectivity index (χ0n) is 12.7. The van der Waals surface area contributed by atoms with Crippen LogP contribution >= 0.6 is 15.9 Å². The average molecular weight is 339 g/mol. The van der Waals surface area contributed by atoms with Gasteiger partial charge in [-0.1, -0.05) is 41.4 Å². The minimum Gasteiger partial charge on any atom is -0.310 e. The summed E-state index contributed by atoms with van der Waals surface area (Å²) in [5, 5.41) is 3.63. The first-order valence-corrected chi connectivity index (χ1v) is 8.73. The van der Waals surface area contributed by atoms with Gasteiger partial charge in [-0.25, -0.2) is 0 Å². The van der Waals surface area contributed by atoms with Gasteiger partial charge in [-0.2, -0.15) is 0 Å². The zero-order chi connectivity index (χ0) is 14.4. The third-order valence-corrected chi connectivity index (χ3v) is 4.90. The van der Waals surface area contributed by atoms with E-state index in [1.165, 1.54) is 44.3 Å². The Kier molecular flexibility index (Phi) is 6.53. The molecule has 112 valence electrons. The van der Waals surface area contributed by atoms with Gasteiger partial charge in [0.05, 0.1) is 0 Å². The van der Waals surface area contributed by atoms with E-state index in [1.54, 1.807) is 0 Å². The van der Waals surface area contributed by atoms with Crippen LogP contribution in [0.15, 0.2) is 28.7 Å². The van der Waals surface area contributed by atoms with E-state index in [0.29, 0.717) is 6.04 Å². The molecular weight excluding hydrogens is 312 g/mol. The highest BCUT2D eigenvalue weighted by Gasteiger charge is 2.19. The van der Waals surface area contributed by atoms with Crippen LogP contribution in [0.1, 0.15) is 51.1 Å². The maximum Gasteiger partial charge on any atom is 0.0332 e. The molecule has 1 fully saturated rings. The molecule has 0 amide bonds. The summed E-state index contributed by atoms with van der Waals surface area (Å²) >= 11 is 3.51. The van der Waals surface area contributed by atoms with E-state index in [0.717, 1.165) is 17.1 Å². The first-order chi connectivity index (χ1) is 9.70. The summed E-state index contributed by atoms with van der Waals surface area (Å²) in [6.07, 6.45) is 5.33. The van der Waals surface area contributed by atoms with Gasteiger partial charge in [0.15, 0.2) is 0 Å². The predicted octanol–water partition coefficient (Wildman–Crippen LogP) is 4.36. The molecule has 0 spiro atoms. The van der Waals surface area contributed by atoms with Crippen molar-refractivity contribution in [1.29, 1.82) is 0 Å². The second-order valence-corrected chi connectivity index (χ2v) is 6.75. The fraction of sp³-hybridized carbons (Fsp3) is 0.647. The van der Waals surface area contributed by atoms with Crippen LogP contribution in [0, 0.1) is 0 Å². The van der Waals surface area contributed by atoms with Crippen molar-refractivity contribution in [2.24, 2.45) is 0 Å². The zero-order valence-corrected chi connectivity index (χ0v) is 14.3. The number of hydrogen-bond donors (Lipinski definition) is 1. The van der Waals surface area contributed by atoms with Gasteiger partial charge in [-0.05, 0) is 57.0 Å². The summed E-state index contributed by atoms with van der Waals surface area (Å²) in [5.41, 5.74) is 1.40. The number of halogens is 1. The van der Waals surface area contributed by atoms with Gasteiger partial charge in [-0.3, -0.25) is 0 Å². The Bertz CT molecular complexity index is 390. The number of rotatable bonds is 6.